The molecule has 32 heavy (non-hydrogen) atoms. The molecule has 0 bridgehead atoms. The molecule has 2 heterocycles. The van der Waals surface area contributed by atoms with Gasteiger partial charge < -0.3 is 25.0 Å². The van der Waals surface area contributed by atoms with E-state index in [0.29, 0.717) is 34.6 Å². The molecule has 8 heteroatoms. The van der Waals surface area contributed by atoms with Crippen LogP contribution in [0.15, 0.2) is 48.5 Å². The monoisotopic (exact) mass is 457 g/mol. The van der Waals surface area contributed by atoms with Crippen LogP contribution in [-0.2, 0) is 0 Å². The minimum atomic E-state index is -1.01. The molecule has 4 rings (SSSR count). The van der Waals surface area contributed by atoms with Crippen molar-refractivity contribution in [2.75, 3.05) is 39.8 Å². The summed E-state index contributed by atoms with van der Waals surface area (Å²) in [5.74, 6) is 1.34. The van der Waals surface area contributed by atoms with E-state index in [9.17, 15) is 14.7 Å². The van der Waals surface area contributed by atoms with Crippen LogP contribution in [0.4, 0.5) is 4.79 Å². The number of amides is 2. The predicted octanol–water partition coefficient (Wildman–Crippen LogP) is 3.75. The Morgan fingerprint density at radius 3 is 2.44 bits per heavy atom. The number of benzene rings is 2. The molecular formula is C24H28ClN3O4. The molecule has 2 aliphatic rings. The highest BCUT2D eigenvalue weighted by molar-refractivity contribution is 6.30. The first-order valence-electron chi connectivity index (χ1n) is 10.8. The van der Waals surface area contributed by atoms with Crippen molar-refractivity contribution in [2.45, 2.75) is 12.5 Å². The van der Waals surface area contributed by atoms with E-state index in [4.69, 9.17) is 16.3 Å². The lowest BCUT2D eigenvalue weighted by atomic mass is 10.0. The molecule has 0 saturated carbocycles. The molecule has 170 valence electrons. The number of ether oxygens (including phenoxy) is 1. The summed E-state index contributed by atoms with van der Waals surface area (Å²) in [5, 5.41) is 12.4. The predicted molar refractivity (Wildman–Crippen MR) is 122 cm³/mol. The van der Waals surface area contributed by atoms with Crippen LogP contribution in [0.2, 0.25) is 5.02 Å². The number of carboxylic acid groups (broad SMARTS) is 1. The van der Waals surface area contributed by atoms with Crippen molar-refractivity contribution in [3.8, 4) is 5.75 Å². The average molecular weight is 458 g/mol. The zero-order chi connectivity index (χ0) is 22.7. The maximum atomic E-state index is 13.1. The highest BCUT2D eigenvalue weighted by Crippen LogP contribution is 2.34. The maximum Gasteiger partial charge on any atom is 0.405 e. The molecule has 2 fully saturated rings. The molecule has 3 atom stereocenters. The molecule has 0 aliphatic carbocycles. The Morgan fingerprint density at radius 2 is 1.81 bits per heavy atom. The minimum Gasteiger partial charge on any atom is -0.496 e. The second-order valence-corrected chi connectivity index (χ2v) is 8.97. The van der Waals surface area contributed by atoms with Gasteiger partial charge in [0.25, 0.3) is 5.91 Å². The van der Waals surface area contributed by atoms with Crippen LogP contribution in [0, 0.1) is 11.8 Å². The van der Waals surface area contributed by atoms with E-state index in [2.05, 4.69) is 10.2 Å². The largest absolute Gasteiger partial charge is 0.496 e. The molecule has 2 N–H and O–H groups in total. The van der Waals surface area contributed by atoms with Crippen LogP contribution >= 0.6 is 11.6 Å². The van der Waals surface area contributed by atoms with E-state index in [1.165, 1.54) is 0 Å². The maximum absolute atomic E-state index is 13.1. The standard InChI is InChI=1S/C24H28ClN3O4/c1-32-22-11-19(25)7-8-20(22)23(29)28-14-17-12-27(13-18(17)15-28)10-9-21(26-24(30)31)16-5-3-2-4-6-16/h2-8,11,17-18,21,26H,9-10,12-15H2,1H3,(H,30,31)/t17-,18?,21?/m0/s1. The van der Waals surface area contributed by atoms with Gasteiger partial charge in [0.05, 0.1) is 18.7 Å². The van der Waals surface area contributed by atoms with Gasteiger partial charge in [0.15, 0.2) is 0 Å². The number of halogens is 1. The number of likely N-dealkylation sites (tertiary alicyclic amines) is 2. The van der Waals surface area contributed by atoms with Crippen molar-refractivity contribution in [3.63, 3.8) is 0 Å². The number of hydrogen-bond acceptors (Lipinski definition) is 4. The summed E-state index contributed by atoms with van der Waals surface area (Å²) in [7, 11) is 1.54. The van der Waals surface area contributed by atoms with Crippen molar-refractivity contribution in [2.24, 2.45) is 11.8 Å². The molecule has 2 aromatic carbocycles. The smallest absolute Gasteiger partial charge is 0.405 e. The molecule has 2 saturated heterocycles. The van der Waals surface area contributed by atoms with E-state index < -0.39 is 6.09 Å². The summed E-state index contributed by atoms with van der Waals surface area (Å²) in [5.41, 5.74) is 1.52. The van der Waals surface area contributed by atoms with Crippen LogP contribution in [-0.4, -0.2) is 66.7 Å². The minimum absolute atomic E-state index is 0.0192. The van der Waals surface area contributed by atoms with Crippen molar-refractivity contribution in [1.29, 1.82) is 0 Å². The number of rotatable bonds is 7. The van der Waals surface area contributed by atoms with Gasteiger partial charge >= 0.3 is 6.09 Å². The van der Waals surface area contributed by atoms with Gasteiger partial charge in [-0.1, -0.05) is 41.9 Å². The number of fused-ring (bicyclic) bond motifs is 1. The van der Waals surface area contributed by atoms with Crippen molar-refractivity contribution >= 4 is 23.6 Å². The lowest BCUT2D eigenvalue weighted by molar-refractivity contribution is 0.0770. The van der Waals surface area contributed by atoms with Crippen LogP contribution in [0.3, 0.4) is 0 Å². The first-order valence-corrected chi connectivity index (χ1v) is 11.2. The Hall–Kier alpha value is -2.77. The van der Waals surface area contributed by atoms with Gasteiger partial charge in [0, 0.05) is 37.7 Å². The lowest BCUT2D eigenvalue weighted by Crippen LogP contribution is -2.35. The van der Waals surface area contributed by atoms with Crippen molar-refractivity contribution in [3.05, 3.63) is 64.7 Å². The van der Waals surface area contributed by atoms with Gasteiger partial charge in [-0.15, -0.1) is 0 Å². The van der Waals surface area contributed by atoms with Gasteiger partial charge in [0.1, 0.15) is 5.75 Å². The van der Waals surface area contributed by atoms with E-state index in [-0.39, 0.29) is 11.9 Å². The molecule has 0 radical (unpaired) electrons. The SMILES string of the molecule is COc1cc(Cl)ccc1C(=O)N1CC2CN(CCC(NC(=O)O)c3ccccc3)C[C@H]2C1. The van der Waals surface area contributed by atoms with E-state index in [1.807, 2.05) is 35.2 Å². The fraction of sp³-hybridized carbons (Fsp3) is 0.417. The summed E-state index contributed by atoms with van der Waals surface area (Å²) in [4.78, 5) is 28.6. The van der Waals surface area contributed by atoms with Crippen LogP contribution in [0.5, 0.6) is 5.75 Å². The Balaban J connectivity index is 1.33. The van der Waals surface area contributed by atoms with Crippen molar-refractivity contribution < 1.29 is 19.4 Å². The first kappa shape index (κ1) is 22.4. The average Bonchev–Trinajstić information content (AvgIpc) is 3.35. The molecule has 7 nitrogen and oxygen atoms in total. The van der Waals surface area contributed by atoms with E-state index in [0.717, 1.165) is 38.3 Å². The Morgan fingerprint density at radius 1 is 1.12 bits per heavy atom. The third-order valence-electron chi connectivity index (χ3n) is 6.48. The molecule has 0 aromatic heterocycles. The van der Waals surface area contributed by atoms with E-state index in [1.54, 1.807) is 25.3 Å². The third-order valence-corrected chi connectivity index (χ3v) is 6.71. The van der Waals surface area contributed by atoms with Crippen LogP contribution < -0.4 is 10.1 Å². The van der Waals surface area contributed by atoms with Gasteiger partial charge in [0.2, 0.25) is 0 Å². The number of carbonyl (C=O) groups excluding carboxylic acids is 1. The third kappa shape index (κ3) is 5.00. The second kappa shape index (κ2) is 9.79. The van der Waals surface area contributed by atoms with Gasteiger partial charge in [-0.2, -0.15) is 0 Å². The molecule has 0 spiro atoms. The number of hydrogen-bond donors (Lipinski definition) is 2. The Labute approximate surface area is 192 Å². The zero-order valence-corrected chi connectivity index (χ0v) is 18.8. The normalized spacial score (nSPS) is 21.2. The van der Waals surface area contributed by atoms with Crippen LogP contribution in [0.25, 0.3) is 0 Å². The number of carbonyl (C=O) groups is 2. The molecule has 2 aromatic rings. The number of nitrogens with zero attached hydrogens (tertiary/aromatic N) is 2. The highest BCUT2D eigenvalue weighted by Gasteiger charge is 2.42. The quantitative estimate of drug-likeness (QED) is 0.661. The summed E-state index contributed by atoms with van der Waals surface area (Å²) in [6.07, 6.45) is -0.302. The Bertz CT molecular complexity index is 957. The first-order chi connectivity index (χ1) is 15.4. The second-order valence-electron chi connectivity index (χ2n) is 8.54. The summed E-state index contributed by atoms with van der Waals surface area (Å²) < 4.78 is 5.35. The van der Waals surface area contributed by atoms with Gasteiger partial charge in [-0.25, -0.2) is 4.79 Å². The molecule has 2 unspecified atom stereocenters. The number of methoxy groups -OCH3 is 1. The summed E-state index contributed by atoms with van der Waals surface area (Å²) in [6, 6.07) is 14.6. The Kier molecular flexibility index (Phi) is 6.86. The topological polar surface area (TPSA) is 82.1 Å². The number of nitrogens with one attached hydrogen (secondary N) is 1. The zero-order valence-electron chi connectivity index (χ0n) is 18.0. The van der Waals surface area contributed by atoms with E-state index >= 15 is 0 Å². The fourth-order valence-corrected chi connectivity index (χ4v) is 5.08. The van der Waals surface area contributed by atoms with Gasteiger partial charge in [-0.3, -0.25) is 4.79 Å². The summed E-state index contributed by atoms with van der Waals surface area (Å²) in [6.45, 7) is 4.09. The van der Waals surface area contributed by atoms with Gasteiger partial charge in [-0.05, 0) is 42.0 Å². The highest BCUT2D eigenvalue weighted by atomic mass is 35.5. The fourth-order valence-electron chi connectivity index (χ4n) is 4.92. The lowest BCUT2D eigenvalue weighted by Gasteiger charge is -2.24. The molecule has 2 aliphatic heterocycles. The van der Waals surface area contributed by atoms with Crippen LogP contribution in [0.1, 0.15) is 28.4 Å². The molecule has 2 amide bonds. The summed E-state index contributed by atoms with van der Waals surface area (Å²) >= 11 is 6.03. The molecular weight excluding hydrogens is 430 g/mol. The van der Waals surface area contributed by atoms with Crippen molar-refractivity contribution in [1.82, 2.24) is 15.1 Å².